The summed E-state index contributed by atoms with van der Waals surface area (Å²) >= 11 is 0. The summed E-state index contributed by atoms with van der Waals surface area (Å²) in [5.74, 6) is 0.213. The Balaban J connectivity index is 2.27. The number of carbonyl (C=O) groups is 1. The first kappa shape index (κ1) is 10.0. The molecule has 72 valence electrons. The summed E-state index contributed by atoms with van der Waals surface area (Å²) < 4.78 is 5.20. The first-order valence-electron chi connectivity index (χ1n) is 4.48. The minimum Gasteiger partial charge on any atom is -0.381 e. The highest BCUT2D eigenvalue weighted by Crippen LogP contribution is 2.16. The Kier molecular flexibility index (Phi) is 3.71. The molecule has 0 saturated carbocycles. The molecule has 0 spiro atoms. The molecule has 1 aliphatic heterocycles. The first-order chi connectivity index (χ1) is 6.24. The van der Waals surface area contributed by atoms with Crippen LogP contribution >= 0.6 is 0 Å². The molecule has 1 heterocycles. The summed E-state index contributed by atoms with van der Waals surface area (Å²) in [7, 11) is 0. The van der Waals surface area contributed by atoms with Gasteiger partial charge in [0, 0.05) is 18.6 Å². The number of hydrogen-bond donors (Lipinski definition) is 1. The Morgan fingerprint density at radius 3 is 3.15 bits per heavy atom. The van der Waals surface area contributed by atoms with Crippen molar-refractivity contribution in [3.8, 4) is 6.07 Å². The average Bonchev–Trinajstić information content (AvgIpc) is 2.55. The molecule has 4 nitrogen and oxygen atoms in total. The van der Waals surface area contributed by atoms with Crippen LogP contribution in [0.2, 0.25) is 0 Å². The van der Waals surface area contributed by atoms with Gasteiger partial charge < -0.3 is 10.1 Å². The molecule has 1 rings (SSSR count). The number of rotatable bonds is 3. The van der Waals surface area contributed by atoms with E-state index < -0.39 is 0 Å². The van der Waals surface area contributed by atoms with Gasteiger partial charge in [-0.3, -0.25) is 4.79 Å². The molecule has 13 heavy (non-hydrogen) atoms. The SMILES string of the molecule is CC(NC(=O)CC#N)C1CCOC1. The fourth-order valence-electron chi connectivity index (χ4n) is 1.44. The van der Waals surface area contributed by atoms with Crippen LogP contribution in [0.1, 0.15) is 19.8 Å². The zero-order chi connectivity index (χ0) is 9.68. The molecule has 1 saturated heterocycles. The van der Waals surface area contributed by atoms with Crippen molar-refractivity contribution in [2.24, 2.45) is 5.92 Å². The molecule has 0 bridgehead atoms. The number of carbonyl (C=O) groups excluding carboxylic acids is 1. The van der Waals surface area contributed by atoms with E-state index in [2.05, 4.69) is 5.32 Å². The van der Waals surface area contributed by atoms with Gasteiger partial charge in [-0.2, -0.15) is 5.26 Å². The molecular formula is C9H14N2O2. The van der Waals surface area contributed by atoms with Gasteiger partial charge in [0.25, 0.3) is 0 Å². The van der Waals surface area contributed by atoms with Gasteiger partial charge in [-0.15, -0.1) is 0 Å². The fourth-order valence-corrected chi connectivity index (χ4v) is 1.44. The van der Waals surface area contributed by atoms with Gasteiger partial charge in [0.15, 0.2) is 0 Å². The molecule has 1 N–H and O–H groups in total. The second kappa shape index (κ2) is 4.83. The minimum absolute atomic E-state index is 0.0576. The van der Waals surface area contributed by atoms with Crippen LogP contribution in [-0.4, -0.2) is 25.2 Å². The Labute approximate surface area is 77.9 Å². The quantitative estimate of drug-likeness (QED) is 0.689. The van der Waals surface area contributed by atoms with Crippen LogP contribution in [0.25, 0.3) is 0 Å². The fraction of sp³-hybridized carbons (Fsp3) is 0.778. The van der Waals surface area contributed by atoms with Crippen molar-refractivity contribution in [2.75, 3.05) is 13.2 Å². The Morgan fingerprint density at radius 1 is 1.85 bits per heavy atom. The lowest BCUT2D eigenvalue weighted by Gasteiger charge is -2.18. The molecule has 0 aromatic heterocycles. The topological polar surface area (TPSA) is 62.1 Å². The summed E-state index contributed by atoms with van der Waals surface area (Å²) in [4.78, 5) is 11.0. The van der Waals surface area contributed by atoms with Crippen molar-refractivity contribution in [1.82, 2.24) is 5.32 Å². The maximum Gasteiger partial charge on any atom is 0.234 e. The van der Waals surface area contributed by atoms with E-state index in [9.17, 15) is 4.79 Å². The summed E-state index contributed by atoms with van der Waals surface area (Å²) in [6.07, 6.45) is 0.936. The molecular weight excluding hydrogens is 168 g/mol. The van der Waals surface area contributed by atoms with Crippen LogP contribution in [0.3, 0.4) is 0 Å². The highest BCUT2D eigenvalue weighted by Gasteiger charge is 2.23. The van der Waals surface area contributed by atoms with Crippen LogP contribution in [0.4, 0.5) is 0 Å². The smallest absolute Gasteiger partial charge is 0.234 e. The predicted octanol–water partition coefficient (Wildman–Crippen LogP) is 0.441. The minimum atomic E-state index is -0.193. The number of ether oxygens (including phenoxy) is 1. The Morgan fingerprint density at radius 2 is 2.62 bits per heavy atom. The number of nitrogens with zero attached hydrogens (tertiary/aromatic N) is 1. The highest BCUT2D eigenvalue weighted by atomic mass is 16.5. The third-order valence-electron chi connectivity index (χ3n) is 2.30. The molecule has 2 atom stereocenters. The molecule has 0 radical (unpaired) electrons. The van der Waals surface area contributed by atoms with Crippen LogP contribution in [0.15, 0.2) is 0 Å². The van der Waals surface area contributed by atoms with Crippen LogP contribution in [0.5, 0.6) is 0 Å². The van der Waals surface area contributed by atoms with E-state index in [0.717, 1.165) is 13.0 Å². The van der Waals surface area contributed by atoms with E-state index in [4.69, 9.17) is 10.00 Å². The summed E-state index contributed by atoms with van der Waals surface area (Å²) in [6, 6.07) is 1.93. The second-order valence-electron chi connectivity index (χ2n) is 3.31. The van der Waals surface area contributed by atoms with Crippen molar-refractivity contribution in [3.05, 3.63) is 0 Å². The van der Waals surface area contributed by atoms with Crippen LogP contribution in [-0.2, 0) is 9.53 Å². The summed E-state index contributed by atoms with van der Waals surface area (Å²) in [5, 5.41) is 11.1. The van der Waals surface area contributed by atoms with Gasteiger partial charge in [-0.25, -0.2) is 0 Å². The van der Waals surface area contributed by atoms with Crippen molar-refractivity contribution in [2.45, 2.75) is 25.8 Å². The molecule has 1 aliphatic rings. The third kappa shape index (κ3) is 3.03. The largest absolute Gasteiger partial charge is 0.381 e. The molecule has 0 aliphatic carbocycles. The van der Waals surface area contributed by atoms with E-state index in [1.54, 1.807) is 0 Å². The van der Waals surface area contributed by atoms with E-state index >= 15 is 0 Å². The van der Waals surface area contributed by atoms with Crippen molar-refractivity contribution < 1.29 is 9.53 Å². The number of amides is 1. The maximum absolute atomic E-state index is 11.0. The molecule has 2 unspecified atom stereocenters. The monoisotopic (exact) mass is 182 g/mol. The van der Waals surface area contributed by atoms with Gasteiger partial charge in [-0.1, -0.05) is 0 Å². The number of nitrogens with one attached hydrogen (secondary N) is 1. The maximum atomic E-state index is 11.0. The van der Waals surface area contributed by atoms with Gasteiger partial charge in [0.05, 0.1) is 12.7 Å². The third-order valence-corrected chi connectivity index (χ3v) is 2.30. The normalized spacial score (nSPS) is 23.5. The van der Waals surface area contributed by atoms with E-state index in [1.807, 2.05) is 13.0 Å². The lowest BCUT2D eigenvalue weighted by atomic mass is 10.0. The van der Waals surface area contributed by atoms with Gasteiger partial charge >= 0.3 is 0 Å². The summed E-state index contributed by atoms with van der Waals surface area (Å²) in [6.45, 7) is 3.45. The molecule has 0 aromatic rings. The average molecular weight is 182 g/mol. The molecule has 4 heteroatoms. The van der Waals surface area contributed by atoms with E-state index in [1.165, 1.54) is 0 Å². The Bertz CT molecular complexity index is 216. The van der Waals surface area contributed by atoms with Crippen molar-refractivity contribution >= 4 is 5.91 Å². The highest BCUT2D eigenvalue weighted by molar-refractivity contribution is 5.78. The zero-order valence-electron chi connectivity index (χ0n) is 7.75. The summed E-state index contributed by atoms with van der Waals surface area (Å²) in [5.41, 5.74) is 0. The number of hydrogen-bond acceptors (Lipinski definition) is 3. The second-order valence-corrected chi connectivity index (χ2v) is 3.31. The lowest BCUT2D eigenvalue weighted by Crippen LogP contribution is -2.38. The van der Waals surface area contributed by atoms with Gasteiger partial charge in [0.1, 0.15) is 6.42 Å². The zero-order valence-corrected chi connectivity index (χ0v) is 7.75. The van der Waals surface area contributed by atoms with E-state index in [0.29, 0.717) is 12.5 Å². The predicted molar refractivity (Wildman–Crippen MR) is 46.8 cm³/mol. The van der Waals surface area contributed by atoms with Crippen LogP contribution < -0.4 is 5.32 Å². The number of nitriles is 1. The van der Waals surface area contributed by atoms with Gasteiger partial charge in [-0.05, 0) is 13.3 Å². The van der Waals surface area contributed by atoms with Crippen molar-refractivity contribution in [1.29, 1.82) is 5.26 Å². The Hall–Kier alpha value is -1.08. The van der Waals surface area contributed by atoms with Crippen molar-refractivity contribution in [3.63, 3.8) is 0 Å². The molecule has 1 fully saturated rings. The van der Waals surface area contributed by atoms with E-state index in [-0.39, 0.29) is 18.4 Å². The van der Waals surface area contributed by atoms with Crippen LogP contribution in [0, 0.1) is 17.2 Å². The molecule has 1 amide bonds. The lowest BCUT2D eigenvalue weighted by molar-refractivity contribution is -0.121. The van der Waals surface area contributed by atoms with Gasteiger partial charge in [0.2, 0.25) is 5.91 Å². The standard InChI is InChI=1S/C9H14N2O2/c1-7(8-3-5-13-6-8)11-9(12)2-4-10/h7-8H,2-3,5-6H2,1H3,(H,11,12). The molecule has 0 aromatic carbocycles. The first-order valence-corrected chi connectivity index (χ1v) is 4.48.